The van der Waals surface area contributed by atoms with E-state index in [-0.39, 0.29) is 0 Å². The summed E-state index contributed by atoms with van der Waals surface area (Å²) in [5, 5.41) is 7.56. The molecule has 0 atom stereocenters. The van der Waals surface area contributed by atoms with Crippen LogP contribution in [0.5, 0.6) is 11.5 Å². The summed E-state index contributed by atoms with van der Waals surface area (Å²) in [5.74, 6) is 2.90. The van der Waals surface area contributed by atoms with E-state index in [9.17, 15) is 0 Å². The second-order valence-corrected chi connectivity index (χ2v) is 8.58. The average molecular weight is 471 g/mol. The van der Waals surface area contributed by atoms with Gasteiger partial charge in [-0.2, -0.15) is 21.3 Å². The Balaban J connectivity index is 1.34. The first-order valence-electron chi connectivity index (χ1n) is 11.0. The van der Waals surface area contributed by atoms with E-state index >= 15 is 0 Å². The first kappa shape index (κ1) is 20.6. The molecule has 5 aromatic rings. The summed E-state index contributed by atoms with van der Waals surface area (Å²) >= 11 is 1.64. The molecule has 0 bridgehead atoms. The monoisotopic (exact) mass is 470 g/mol. The predicted octanol–water partition coefficient (Wildman–Crippen LogP) is 5.25. The molecule has 1 aliphatic heterocycles. The molecule has 0 radical (unpaired) electrons. The van der Waals surface area contributed by atoms with Crippen molar-refractivity contribution >= 4 is 40.0 Å². The van der Waals surface area contributed by atoms with Crippen molar-refractivity contribution in [3.8, 4) is 17.2 Å². The molecule has 1 N–H and O–H groups in total. The maximum absolute atomic E-state index is 5.91. The van der Waals surface area contributed by atoms with E-state index in [4.69, 9.17) is 19.4 Å². The molecular weight excluding hydrogens is 448 g/mol. The van der Waals surface area contributed by atoms with Gasteiger partial charge in [-0.25, -0.2) is 4.98 Å². The maximum atomic E-state index is 5.91. The van der Waals surface area contributed by atoms with E-state index in [0.717, 1.165) is 41.6 Å². The Labute approximate surface area is 200 Å². The molecule has 4 heterocycles. The van der Waals surface area contributed by atoms with Crippen LogP contribution in [0.3, 0.4) is 0 Å². The van der Waals surface area contributed by atoms with Gasteiger partial charge in [0.2, 0.25) is 5.95 Å². The van der Waals surface area contributed by atoms with Gasteiger partial charge in [0, 0.05) is 24.2 Å². The second kappa shape index (κ2) is 9.12. The number of rotatable bonds is 6. The molecule has 9 heteroatoms. The molecule has 6 rings (SSSR count). The Kier molecular flexibility index (Phi) is 5.54. The Morgan fingerprint density at radius 1 is 0.912 bits per heavy atom. The van der Waals surface area contributed by atoms with Gasteiger partial charge in [0.25, 0.3) is 0 Å². The van der Waals surface area contributed by atoms with Crippen LogP contribution in [0.1, 0.15) is 0 Å². The minimum absolute atomic E-state index is 0.664. The zero-order valence-corrected chi connectivity index (χ0v) is 19.1. The summed E-state index contributed by atoms with van der Waals surface area (Å²) in [4.78, 5) is 16.5. The molecule has 34 heavy (non-hydrogen) atoms. The highest BCUT2D eigenvalue weighted by atomic mass is 32.1. The highest BCUT2D eigenvalue weighted by Gasteiger charge is 2.20. The van der Waals surface area contributed by atoms with Gasteiger partial charge in [-0.3, -0.25) is 4.57 Å². The van der Waals surface area contributed by atoms with Crippen molar-refractivity contribution in [3.63, 3.8) is 0 Å². The van der Waals surface area contributed by atoms with Crippen molar-refractivity contribution in [2.75, 3.05) is 36.5 Å². The normalized spacial score (nSPS) is 13.8. The van der Waals surface area contributed by atoms with Crippen molar-refractivity contribution in [3.05, 3.63) is 77.8 Å². The summed E-state index contributed by atoms with van der Waals surface area (Å²) < 4.78 is 13.4. The van der Waals surface area contributed by atoms with Crippen LogP contribution in [0.25, 0.3) is 16.9 Å². The molecule has 0 amide bonds. The van der Waals surface area contributed by atoms with Crippen LogP contribution >= 0.6 is 11.3 Å². The third-order valence-corrected chi connectivity index (χ3v) is 6.23. The summed E-state index contributed by atoms with van der Waals surface area (Å²) in [6.45, 7) is 2.83. The number of thiophene rings is 1. The summed E-state index contributed by atoms with van der Waals surface area (Å²) in [6, 6.07) is 19.6. The van der Waals surface area contributed by atoms with E-state index < -0.39 is 0 Å². The largest absolute Gasteiger partial charge is 0.457 e. The average Bonchev–Trinajstić information content (AvgIpc) is 3.56. The molecule has 1 saturated heterocycles. The zero-order chi connectivity index (χ0) is 22.7. The van der Waals surface area contributed by atoms with Gasteiger partial charge in [-0.15, -0.1) is 0 Å². The van der Waals surface area contributed by atoms with Crippen LogP contribution in [0.2, 0.25) is 0 Å². The third kappa shape index (κ3) is 4.18. The fourth-order valence-corrected chi connectivity index (χ4v) is 4.46. The smallest absolute Gasteiger partial charge is 0.229 e. The van der Waals surface area contributed by atoms with Gasteiger partial charge in [0.15, 0.2) is 17.0 Å². The highest BCUT2D eigenvalue weighted by molar-refractivity contribution is 7.08. The fourth-order valence-electron chi connectivity index (χ4n) is 3.83. The number of imidazole rings is 1. The van der Waals surface area contributed by atoms with E-state index in [2.05, 4.69) is 26.6 Å². The van der Waals surface area contributed by atoms with Gasteiger partial charge in [0.1, 0.15) is 17.8 Å². The number of fused-ring (bicyclic) bond motifs is 1. The van der Waals surface area contributed by atoms with Crippen molar-refractivity contribution in [1.82, 2.24) is 19.5 Å². The lowest BCUT2D eigenvalue weighted by Gasteiger charge is -2.27. The molecule has 0 spiro atoms. The van der Waals surface area contributed by atoms with Gasteiger partial charge in [0.05, 0.1) is 18.9 Å². The first-order chi connectivity index (χ1) is 16.8. The second-order valence-electron chi connectivity index (χ2n) is 7.80. The van der Waals surface area contributed by atoms with Crippen LogP contribution in [-0.2, 0) is 4.74 Å². The first-order valence-corrected chi connectivity index (χ1v) is 12.0. The number of hydrogen-bond acceptors (Lipinski definition) is 8. The molecule has 1 aliphatic rings. The quantitative estimate of drug-likeness (QED) is 0.363. The number of benzene rings is 2. The number of aromatic nitrogens is 4. The summed E-state index contributed by atoms with van der Waals surface area (Å²) in [7, 11) is 0. The standard InChI is InChI=1S/C25H22N6O2S/c1-2-4-20(5-3-1)33-21-8-6-18(7-9-21)27-23-22-24(31(17-26-22)19-10-15-34-16-19)29-25(28-23)30-11-13-32-14-12-30/h1-10,15-17H,11-14H2,(H,27,28,29). The fraction of sp³-hybridized carbons (Fsp3) is 0.160. The number of morpholine rings is 1. The molecule has 8 nitrogen and oxygen atoms in total. The topological polar surface area (TPSA) is 77.3 Å². The van der Waals surface area contributed by atoms with Crippen molar-refractivity contribution < 1.29 is 9.47 Å². The van der Waals surface area contributed by atoms with Crippen LogP contribution in [-0.4, -0.2) is 45.8 Å². The van der Waals surface area contributed by atoms with Gasteiger partial charge < -0.3 is 19.7 Å². The molecule has 170 valence electrons. The minimum Gasteiger partial charge on any atom is -0.457 e. The molecule has 1 fully saturated rings. The number of nitrogens with one attached hydrogen (secondary N) is 1. The van der Waals surface area contributed by atoms with Crippen molar-refractivity contribution in [1.29, 1.82) is 0 Å². The lowest BCUT2D eigenvalue weighted by atomic mass is 10.3. The molecule has 2 aromatic carbocycles. The summed E-state index contributed by atoms with van der Waals surface area (Å²) in [6.07, 6.45) is 1.80. The van der Waals surface area contributed by atoms with E-state index in [1.807, 2.05) is 64.5 Å². The highest BCUT2D eigenvalue weighted by Crippen LogP contribution is 2.29. The maximum Gasteiger partial charge on any atom is 0.229 e. The van der Waals surface area contributed by atoms with E-state index in [1.54, 1.807) is 17.7 Å². The molecule has 0 unspecified atom stereocenters. The van der Waals surface area contributed by atoms with Crippen LogP contribution in [0.4, 0.5) is 17.5 Å². The SMILES string of the molecule is c1ccc(Oc2ccc(Nc3nc(N4CCOCC4)nc4c3ncn4-c3ccsc3)cc2)cc1. The number of para-hydroxylation sites is 1. The number of nitrogens with zero attached hydrogens (tertiary/aromatic N) is 5. The zero-order valence-electron chi connectivity index (χ0n) is 18.3. The summed E-state index contributed by atoms with van der Waals surface area (Å²) in [5.41, 5.74) is 3.40. The molecular formula is C25H22N6O2S. The number of ether oxygens (including phenoxy) is 2. The Bertz CT molecular complexity index is 1380. The predicted molar refractivity (Wildman–Crippen MR) is 134 cm³/mol. The third-order valence-electron chi connectivity index (χ3n) is 5.56. The van der Waals surface area contributed by atoms with Crippen LogP contribution in [0, 0.1) is 0 Å². The van der Waals surface area contributed by atoms with E-state index in [1.165, 1.54) is 0 Å². The van der Waals surface area contributed by atoms with Crippen LogP contribution in [0.15, 0.2) is 77.8 Å². The number of anilines is 3. The molecule has 3 aromatic heterocycles. The van der Waals surface area contributed by atoms with Gasteiger partial charge >= 0.3 is 0 Å². The van der Waals surface area contributed by atoms with Crippen LogP contribution < -0.4 is 15.0 Å². The lowest BCUT2D eigenvalue weighted by Crippen LogP contribution is -2.37. The molecule has 0 aliphatic carbocycles. The van der Waals surface area contributed by atoms with E-state index in [0.29, 0.717) is 30.5 Å². The van der Waals surface area contributed by atoms with Gasteiger partial charge in [-0.1, -0.05) is 18.2 Å². The lowest BCUT2D eigenvalue weighted by molar-refractivity contribution is 0.122. The number of hydrogen-bond donors (Lipinski definition) is 1. The minimum atomic E-state index is 0.664. The Morgan fingerprint density at radius 3 is 2.47 bits per heavy atom. The Morgan fingerprint density at radius 2 is 1.71 bits per heavy atom. The van der Waals surface area contributed by atoms with Crippen molar-refractivity contribution in [2.45, 2.75) is 0 Å². The van der Waals surface area contributed by atoms with Gasteiger partial charge in [-0.05, 0) is 47.8 Å². The molecule has 0 saturated carbocycles. The van der Waals surface area contributed by atoms with Crippen molar-refractivity contribution in [2.24, 2.45) is 0 Å². The Hall–Kier alpha value is -3.95.